The SMILES string of the molecule is CC(CCc1ccc(Cl)c(Cl)c1)NCCCC1=CCCC=C1. The van der Waals surface area contributed by atoms with E-state index in [0.29, 0.717) is 16.1 Å². The van der Waals surface area contributed by atoms with Crippen molar-refractivity contribution in [1.82, 2.24) is 5.32 Å². The molecule has 0 saturated heterocycles. The van der Waals surface area contributed by atoms with Crippen LogP contribution in [0.2, 0.25) is 10.0 Å². The van der Waals surface area contributed by atoms with Crippen LogP contribution in [-0.2, 0) is 6.42 Å². The average Bonchev–Trinajstić information content (AvgIpc) is 2.54. The monoisotopic (exact) mass is 337 g/mol. The van der Waals surface area contributed by atoms with E-state index < -0.39 is 0 Å². The highest BCUT2D eigenvalue weighted by Crippen LogP contribution is 2.23. The van der Waals surface area contributed by atoms with Crippen molar-refractivity contribution in [1.29, 1.82) is 0 Å². The smallest absolute Gasteiger partial charge is 0.0595 e. The van der Waals surface area contributed by atoms with Gasteiger partial charge in [-0.15, -0.1) is 0 Å². The van der Waals surface area contributed by atoms with Crippen molar-refractivity contribution in [3.63, 3.8) is 0 Å². The zero-order chi connectivity index (χ0) is 15.8. The van der Waals surface area contributed by atoms with Crippen molar-refractivity contribution in [2.75, 3.05) is 6.54 Å². The van der Waals surface area contributed by atoms with Gasteiger partial charge in [0.05, 0.1) is 10.0 Å². The highest BCUT2D eigenvalue weighted by atomic mass is 35.5. The fraction of sp³-hybridized carbons (Fsp3) is 0.474. The zero-order valence-electron chi connectivity index (χ0n) is 13.2. The highest BCUT2D eigenvalue weighted by Gasteiger charge is 2.04. The molecular formula is C19H25Cl2N. The molecule has 1 N–H and O–H groups in total. The largest absolute Gasteiger partial charge is 0.314 e. The summed E-state index contributed by atoms with van der Waals surface area (Å²) < 4.78 is 0. The number of rotatable bonds is 8. The molecule has 120 valence electrons. The molecule has 0 saturated carbocycles. The van der Waals surface area contributed by atoms with Crippen molar-refractivity contribution < 1.29 is 0 Å². The van der Waals surface area contributed by atoms with E-state index in [1.165, 1.54) is 36.8 Å². The Bertz CT molecular complexity index is 534. The van der Waals surface area contributed by atoms with Crippen LogP contribution in [-0.4, -0.2) is 12.6 Å². The topological polar surface area (TPSA) is 12.0 Å². The van der Waals surface area contributed by atoms with Crippen LogP contribution in [0.5, 0.6) is 0 Å². The summed E-state index contributed by atoms with van der Waals surface area (Å²) in [6.07, 6.45) is 13.9. The molecule has 0 fully saturated rings. The molecule has 1 aromatic carbocycles. The molecule has 22 heavy (non-hydrogen) atoms. The van der Waals surface area contributed by atoms with Gasteiger partial charge in [-0.05, 0) is 69.7 Å². The van der Waals surface area contributed by atoms with Gasteiger partial charge in [0.15, 0.2) is 0 Å². The highest BCUT2D eigenvalue weighted by molar-refractivity contribution is 6.42. The minimum absolute atomic E-state index is 0.519. The summed E-state index contributed by atoms with van der Waals surface area (Å²) in [6, 6.07) is 6.43. The lowest BCUT2D eigenvalue weighted by atomic mass is 10.0. The molecular weight excluding hydrogens is 313 g/mol. The van der Waals surface area contributed by atoms with Crippen molar-refractivity contribution in [3.8, 4) is 0 Å². The summed E-state index contributed by atoms with van der Waals surface area (Å²) in [5.74, 6) is 0. The lowest BCUT2D eigenvalue weighted by Gasteiger charge is -2.14. The quantitative estimate of drug-likeness (QED) is 0.577. The van der Waals surface area contributed by atoms with Gasteiger partial charge in [-0.3, -0.25) is 0 Å². The van der Waals surface area contributed by atoms with Crippen LogP contribution in [0.3, 0.4) is 0 Å². The van der Waals surface area contributed by atoms with E-state index in [1.54, 1.807) is 0 Å². The number of nitrogens with one attached hydrogen (secondary N) is 1. The van der Waals surface area contributed by atoms with E-state index in [9.17, 15) is 0 Å². The molecule has 0 aromatic heterocycles. The molecule has 1 aromatic rings. The lowest BCUT2D eigenvalue weighted by molar-refractivity contribution is 0.506. The van der Waals surface area contributed by atoms with E-state index in [-0.39, 0.29) is 0 Å². The Morgan fingerprint density at radius 1 is 1.14 bits per heavy atom. The van der Waals surface area contributed by atoms with Crippen molar-refractivity contribution in [3.05, 3.63) is 57.6 Å². The van der Waals surface area contributed by atoms with E-state index >= 15 is 0 Å². The first kappa shape index (κ1) is 17.6. The van der Waals surface area contributed by atoms with E-state index in [4.69, 9.17) is 23.2 Å². The number of aryl methyl sites for hydroxylation is 1. The first-order chi connectivity index (χ1) is 10.6. The Morgan fingerprint density at radius 3 is 2.73 bits per heavy atom. The van der Waals surface area contributed by atoms with Crippen LogP contribution >= 0.6 is 23.2 Å². The first-order valence-corrected chi connectivity index (χ1v) is 8.93. The third-order valence-corrected chi connectivity index (χ3v) is 4.80. The summed E-state index contributed by atoms with van der Waals surface area (Å²) in [4.78, 5) is 0. The second-order valence-corrected chi connectivity index (χ2v) is 6.82. The summed E-state index contributed by atoms with van der Waals surface area (Å²) in [5, 5.41) is 4.88. The van der Waals surface area contributed by atoms with E-state index in [2.05, 4.69) is 36.5 Å². The minimum Gasteiger partial charge on any atom is -0.314 e. The van der Waals surface area contributed by atoms with Crippen LogP contribution in [0.1, 0.15) is 44.6 Å². The molecule has 0 amide bonds. The van der Waals surface area contributed by atoms with E-state index in [1.807, 2.05) is 12.1 Å². The Balaban J connectivity index is 1.61. The summed E-state index contributed by atoms with van der Waals surface area (Å²) in [5.41, 5.74) is 2.75. The van der Waals surface area contributed by atoms with Gasteiger partial charge < -0.3 is 5.32 Å². The summed E-state index contributed by atoms with van der Waals surface area (Å²) in [6.45, 7) is 3.32. The maximum absolute atomic E-state index is 6.05. The molecule has 0 bridgehead atoms. The molecule has 1 unspecified atom stereocenters. The predicted octanol–water partition coefficient (Wildman–Crippen LogP) is 5.96. The maximum atomic E-state index is 6.05. The first-order valence-electron chi connectivity index (χ1n) is 8.18. The van der Waals surface area contributed by atoms with E-state index in [0.717, 1.165) is 19.4 Å². The third-order valence-electron chi connectivity index (χ3n) is 4.06. The second-order valence-electron chi connectivity index (χ2n) is 6.00. The number of benzene rings is 1. The van der Waals surface area contributed by atoms with Gasteiger partial charge in [0.2, 0.25) is 0 Å². The molecule has 0 aliphatic heterocycles. The molecule has 3 heteroatoms. The van der Waals surface area contributed by atoms with Gasteiger partial charge in [0, 0.05) is 6.04 Å². The lowest BCUT2D eigenvalue weighted by Crippen LogP contribution is -2.27. The molecule has 1 aliphatic carbocycles. The number of hydrogen-bond acceptors (Lipinski definition) is 1. The predicted molar refractivity (Wildman–Crippen MR) is 97.9 cm³/mol. The number of allylic oxidation sites excluding steroid dienone is 4. The van der Waals surface area contributed by atoms with Crippen LogP contribution in [0, 0.1) is 0 Å². The molecule has 1 atom stereocenters. The maximum Gasteiger partial charge on any atom is 0.0595 e. The number of halogens is 2. The Labute approximate surface area is 144 Å². The zero-order valence-corrected chi connectivity index (χ0v) is 14.8. The van der Waals surface area contributed by atoms with Crippen molar-refractivity contribution >= 4 is 23.2 Å². The van der Waals surface area contributed by atoms with Gasteiger partial charge in [-0.1, -0.05) is 53.1 Å². The number of hydrogen-bond donors (Lipinski definition) is 1. The molecule has 1 aliphatic rings. The second kappa shape index (κ2) is 9.39. The van der Waals surface area contributed by atoms with Gasteiger partial charge >= 0.3 is 0 Å². The third kappa shape index (κ3) is 6.16. The standard InChI is InChI=1S/C19H25Cl2N/c1-15(9-10-17-11-12-18(20)19(21)14-17)22-13-5-8-16-6-3-2-4-7-16/h3,6-7,11-12,14-15,22H,2,4-5,8-10,13H2,1H3. The van der Waals surface area contributed by atoms with Crippen LogP contribution in [0.15, 0.2) is 42.0 Å². The van der Waals surface area contributed by atoms with Gasteiger partial charge in [-0.2, -0.15) is 0 Å². The van der Waals surface area contributed by atoms with Crippen LogP contribution < -0.4 is 5.32 Å². The Morgan fingerprint density at radius 2 is 2.00 bits per heavy atom. The van der Waals surface area contributed by atoms with Crippen LogP contribution in [0.25, 0.3) is 0 Å². The van der Waals surface area contributed by atoms with Crippen molar-refractivity contribution in [2.45, 2.75) is 51.5 Å². The normalized spacial score (nSPS) is 15.7. The fourth-order valence-corrected chi connectivity index (χ4v) is 3.00. The molecule has 0 heterocycles. The van der Waals surface area contributed by atoms with Gasteiger partial charge in [0.25, 0.3) is 0 Å². The average molecular weight is 338 g/mol. The minimum atomic E-state index is 0.519. The summed E-state index contributed by atoms with van der Waals surface area (Å²) >= 11 is 12.0. The Hall–Kier alpha value is -0.760. The molecule has 0 spiro atoms. The fourth-order valence-electron chi connectivity index (χ4n) is 2.67. The van der Waals surface area contributed by atoms with Gasteiger partial charge in [0.1, 0.15) is 0 Å². The van der Waals surface area contributed by atoms with Gasteiger partial charge in [-0.25, -0.2) is 0 Å². The molecule has 1 nitrogen and oxygen atoms in total. The van der Waals surface area contributed by atoms with Crippen molar-refractivity contribution in [2.24, 2.45) is 0 Å². The molecule has 0 radical (unpaired) electrons. The molecule has 2 rings (SSSR count). The van der Waals surface area contributed by atoms with Crippen LogP contribution in [0.4, 0.5) is 0 Å². The summed E-state index contributed by atoms with van der Waals surface area (Å²) in [7, 11) is 0. The Kier molecular flexibility index (Phi) is 7.51.